The fourth-order valence-corrected chi connectivity index (χ4v) is 1.16. The van der Waals surface area contributed by atoms with Crippen molar-refractivity contribution >= 4 is 12.0 Å². The largest absolute Gasteiger partial charge is 0.298 e. The standard InChI is InChI=1S/C7H9NO.C7H6O/c1-9-8-7-5-3-2-4-6-7;8-6-7-4-2-1-3-5-7/h2-6,8H,1H3;1-6H. The topological polar surface area (TPSA) is 38.3 Å². The van der Waals surface area contributed by atoms with Crippen LogP contribution in [0.25, 0.3) is 0 Å². The van der Waals surface area contributed by atoms with Crippen LogP contribution in [0.4, 0.5) is 5.69 Å². The van der Waals surface area contributed by atoms with E-state index < -0.39 is 0 Å². The Morgan fingerprint density at radius 1 is 0.941 bits per heavy atom. The lowest BCUT2D eigenvalue weighted by molar-refractivity contribution is 0.112. The zero-order valence-corrected chi connectivity index (χ0v) is 9.67. The molecule has 2 aromatic rings. The minimum absolute atomic E-state index is 0.729. The third-order valence-electron chi connectivity index (χ3n) is 1.93. The molecule has 17 heavy (non-hydrogen) atoms. The van der Waals surface area contributed by atoms with Crippen LogP contribution in [-0.2, 0) is 4.84 Å². The Morgan fingerprint density at radius 3 is 1.88 bits per heavy atom. The number of hydrogen-bond donors (Lipinski definition) is 1. The Morgan fingerprint density at radius 2 is 1.47 bits per heavy atom. The number of aldehydes is 1. The summed E-state index contributed by atoms with van der Waals surface area (Å²) in [5.41, 5.74) is 4.41. The lowest BCUT2D eigenvalue weighted by Crippen LogP contribution is -1.93. The van der Waals surface area contributed by atoms with Gasteiger partial charge in [0, 0.05) is 5.56 Å². The molecular formula is C14H15NO2. The van der Waals surface area contributed by atoms with E-state index in [2.05, 4.69) is 10.3 Å². The molecule has 0 amide bonds. The van der Waals surface area contributed by atoms with E-state index in [-0.39, 0.29) is 0 Å². The number of hydrogen-bond acceptors (Lipinski definition) is 3. The second kappa shape index (κ2) is 8.07. The SMILES string of the molecule is CONc1ccccc1.O=Cc1ccccc1. The molecule has 0 aliphatic carbocycles. The van der Waals surface area contributed by atoms with E-state index in [4.69, 9.17) is 0 Å². The van der Waals surface area contributed by atoms with E-state index in [0.29, 0.717) is 0 Å². The van der Waals surface area contributed by atoms with Crippen LogP contribution in [0.2, 0.25) is 0 Å². The Balaban J connectivity index is 0.000000171. The van der Waals surface area contributed by atoms with Crippen molar-refractivity contribution in [1.82, 2.24) is 0 Å². The van der Waals surface area contributed by atoms with Gasteiger partial charge >= 0.3 is 0 Å². The molecule has 2 rings (SSSR count). The minimum Gasteiger partial charge on any atom is -0.298 e. The maximum Gasteiger partial charge on any atom is 0.150 e. The van der Waals surface area contributed by atoms with E-state index in [1.54, 1.807) is 19.2 Å². The second-order valence-electron chi connectivity index (χ2n) is 3.20. The van der Waals surface area contributed by atoms with Crippen molar-refractivity contribution in [3.05, 3.63) is 66.2 Å². The molecular weight excluding hydrogens is 214 g/mol. The van der Waals surface area contributed by atoms with Gasteiger partial charge in [0.15, 0.2) is 0 Å². The average molecular weight is 229 g/mol. The Kier molecular flexibility index (Phi) is 6.14. The van der Waals surface area contributed by atoms with E-state index in [0.717, 1.165) is 17.5 Å². The Hall–Kier alpha value is -2.13. The quantitative estimate of drug-likeness (QED) is 0.649. The molecule has 0 aliphatic heterocycles. The van der Waals surface area contributed by atoms with Crippen LogP contribution >= 0.6 is 0 Å². The zero-order valence-electron chi connectivity index (χ0n) is 9.67. The lowest BCUT2D eigenvalue weighted by atomic mass is 10.2. The van der Waals surface area contributed by atoms with Crippen LogP contribution < -0.4 is 5.48 Å². The molecule has 88 valence electrons. The summed E-state index contributed by atoms with van der Waals surface area (Å²) in [6, 6.07) is 18.8. The van der Waals surface area contributed by atoms with Gasteiger partial charge in [-0.25, -0.2) is 0 Å². The highest BCUT2D eigenvalue weighted by Gasteiger charge is 1.82. The van der Waals surface area contributed by atoms with Gasteiger partial charge in [-0.1, -0.05) is 48.5 Å². The third kappa shape index (κ3) is 5.49. The second-order valence-corrected chi connectivity index (χ2v) is 3.20. The van der Waals surface area contributed by atoms with Gasteiger partial charge in [-0.05, 0) is 12.1 Å². The highest BCUT2D eigenvalue weighted by atomic mass is 16.6. The maximum atomic E-state index is 10.0. The fourth-order valence-electron chi connectivity index (χ4n) is 1.16. The van der Waals surface area contributed by atoms with Gasteiger partial charge in [0.1, 0.15) is 6.29 Å². The summed E-state index contributed by atoms with van der Waals surface area (Å²) in [5.74, 6) is 0. The van der Waals surface area contributed by atoms with Gasteiger partial charge < -0.3 is 0 Å². The third-order valence-corrected chi connectivity index (χ3v) is 1.93. The van der Waals surface area contributed by atoms with Crippen molar-refractivity contribution in [2.24, 2.45) is 0 Å². The monoisotopic (exact) mass is 229 g/mol. The van der Waals surface area contributed by atoms with Crippen LogP contribution in [0.1, 0.15) is 10.4 Å². The maximum absolute atomic E-state index is 10.0. The van der Waals surface area contributed by atoms with Gasteiger partial charge in [0.2, 0.25) is 0 Å². The zero-order chi connectivity index (χ0) is 12.3. The Bertz CT molecular complexity index is 415. The molecule has 3 nitrogen and oxygen atoms in total. The molecule has 2 aromatic carbocycles. The highest BCUT2D eigenvalue weighted by Crippen LogP contribution is 2.03. The summed E-state index contributed by atoms with van der Waals surface area (Å²) in [6.07, 6.45) is 0.833. The first-order valence-corrected chi connectivity index (χ1v) is 5.21. The molecule has 0 heterocycles. The summed E-state index contributed by atoms with van der Waals surface area (Å²) in [7, 11) is 1.59. The molecule has 0 unspecified atom stereocenters. The van der Waals surface area contributed by atoms with E-state index in [1.165, 1.54) is 0 Å². The highest BCUT2D eigenvalue weighted by molar-refractivity contribution is 5.74. The molecule has 0 atom stereocenters. The van der Waals surface area contributed by atoms with Gasteiger partial charge in [-0.15, -0.1) is 0 Å². The molecule has 0 spiro atoms. The number of rotatable bonds is 3. The lowest BCUT2D eigenvalue weighted by Gasteiger charge is -1.99. The molecule has 0 aromatic heterocycles. The fraction of sp³-hybridized carbons (Fsp3) is 0.0714. The number of carbonyl (C=O) groups is 1. The molecule has 1 N–H and O–H groups in total. The molecule has 0 radical (unpaired) electrons. The summed E-state index contributed by atoms with van der Waals surface area (Å²) in [5, 5.41) is 0. The smallest absolute Gasteiger partial charge is 0.150 e. The molecule has 0 saturated carbocycles. The van der Waals surface area contributed by atoms with Gasteiger partial charge in [0.25, 0.3) is 0 Å². The summed E-state index contributed by atoms with van der Waals surface area (Å²) in [4.78, 5) is 14.7. The summed E-state index contributed by atoms with van der Waals surface area (Å²) < 4.78 is 0. The van der Waals surface area contributed by atoms with Crippen molar-refractivity contribution in [3.8, 4) is 0 Å². The van der Waals surface area contributed by atoms with Crippen LogP contribution in [0.5, 0.6) is 0 Å². The van der Waals surface area contributed by atoms with E-state index >= 15 is 0 Å². The summed E-state index contributed by atoms with van der Waals surface area (Å²) in [6.45, 7) is 0. The first-order valence-electron chi connectivity index (χ1n) is 5.21. The molecule has 0 bridgehead atoms. The molecule has 0 saturated heterocycles. The van der Waals surface area contributed by atoms with Gasteiger partial charge in [-0.3, -0.25) is 15.1 Å². The van der Waals surface area contributed by atoms with Gasteiger partial charge in [0.05, 0.1) is 12.8 Å². The number of carbonyl (C=O) groups excluding carboxylic acids is 1. The molecule has 0 fully saturated rings. The normalized spacial score (nSPS) is 8.76. The van der Waals surface area contributed by atoms with E-state index in [1.807, 2.05) is 48.5 Å². The van der Waals surface area contributed by atoms with Crippen LogP contribution in [-0.4, -0.2) is 13.4 Å². The first-order chi connectivity index (χ1) is 8.36. The van der Waals surface area contributed by atoms with Crippen molar-refractivity contribution in [1.29, 1.82) is 0 Å². The van der Waals surface area contributed by atoms with Crippen molar-refractivity contribution in [3.63, 3.8) is 0 Å². The molecule has 0 aliphatic rings. The predicted molar refractivity (Wildman–Crippen MR) is 68.9 cm³/mol. The van der Waals surface area contributed by atoms with Crippen LogP contribution in [0.3, 0.4) is 0 Å². The predicted octanol–water partition coefficient (Wildman–Crippen LogP) is 3.16. The van der Waals surface area contributed by atoms with Crippen molar-refractivity contribution < 1.29 is 9.63 Å². The van der Waals surface area contributed by atoms with Crippen LogP contribution in [0, 0.1) is 0 Å². The number of para-hydroxylation sites is 1. The average Bonchev–Trinajstić information content (AvgIpc) is 2.42. The first kappa shape index (κ1) is 12.9. The van der Waals surface area contributed by atoms with E-state index in [9.17, 15) is 4.79 Å². The van der Waals surface area contributed by atoms with Crippen LogP contribution in [0.15, 0.2) is 60.7 Å². The van der Waals surface area contributed by atoms with Crippen molar-refractivity contribution in [2.45, 2.75) is 0 Å². The summed E-state index contributed by atoms with van der Waals surface area (Å²) >= 11 is 0. The molecule has 3 heteroatoms. The number of anilines is 1. The van der Waals surface area contributed by atoms with Crippen molar-refractivity contribution in [2.75, 3.05) is 12.6 Å². The Labute approximate surface area is 101 Å². The number of nitrogens with one attached hydrogen (secondary N) is 1. The minimum atomic E-state index is 0.729. The van der Waals surface area contributed by atoms with Gasteiger partial charge in [-0.2, -0.15) is 0 Å². The number of benzene rings is 2.